The highest BCUT2D eigenvalue weighted by Crippen LogP contribution is 2.30. The van der Waals surface area contributed by atoms with E-state index in [0.717, 1.165) is 22.8 Å². The summed E-state index contributed by atoms with van der Waals surface area (Å²) in [6.07, 6.45) is 4.93. The van der Waals surface area contributed by atoms with Gasteiger partial charge >= 0.3 is 0 Å². The van der Waals surface area contributed by atoms with E-state index in [1.54, 1.807) is 0 Å². The second-order valence-corrected chi connectivity index (χ2v) is 5.94. The van der Waals surface area contributed by atoms with Crippen LogP contribution >= 0.6 is 11.6 Å². The molecule has 1 saturated carbocycles. The SMILES string of the molecule is Cc1nnc(NC2CCCCC2CCl)c2ccccc12. The Morgan fingerprint density at radius 3 is 2.70 bits per heavy atom. The monoisotopic (exact) mass is 289 g/mol. The molecule has 1 heterocycles. The Bertz CT molecular complexity index is 599. The van der Waals surface area contributed by atoms with Crippen molar-refractivity contribution in [2.75, 3.05) is 11.2 Å². The molecular weight excluding hydrogens is 270 g/mol. The molecule has 0 amide bonds. The van der Waals surface area contributed by atoms with Gasteiger partial charge in [0, 0.05) is 22.7 Å². The lowest BCUT2D eigenvalue weighted by molar-refractivity contribution is 0.352. The van der Waals surface area contributed by atoms with Gasteiger partial charge in [0.05, 0.1) is 5.69 Å². The molecule has 1 aromatic carbocycles. The lowest BCUT2D eigenvalue weighted by Crippen LogP contribution is -2.33. The molecule has 2 unspecified atom stereocenters. The molecule has 2 aromatic rings. The summed E-state index contributed by atoms with van der Waals surface area (Å²) in [6.45, 7) is 2.00. The van der Waals surface area contributed by atoms with E-state index in [1.165, 1.54) is 31.1 Å². The average Bonchev–Trinajstić information content (AvgIpc) is 2.51. The van der Waals surface area contributed by atoms with Gasteiger partial charge in [-0.15, -0.1) is 16.7 Å². The van der Waals surface area contributed by atoms with Crippen LogP contribution in [0, 0.1) is 12.8 Å². The highest BCUT2D eigenvalue weighted by Gasteiger charge is 2.25. The minimum absolute atomic E-state index is 0.418. The quantitative estimate of drug-likeness (QED) is 0.863. The lowest BCUT2D eigenvalue weighted by Gasteiger charge is -2.31. The van der Waals surface area contributed by atoms with E-state index in [2.05, 4.69) is 33.7 Å². The fourth-order valence-corrected chi connectivity index (χ4v) is 3.47. The predicted molar refractivity (Wildman–Crippen MR) is 84.4 cm³/mol. The van der Waals surface area contributed by atoms with Crippen LogP contribution in [0.4, 0.5) is 5.82 Å². The van der Waals surface area contributed by atoms with Crippen molar-refractivity contribution in [2.45, 2.75) is 38.6 Å². The lowest BCUT2D eigenvalue weighted by atomic mass is 9.85. The zero-order valence-corrected chi connectivity index (χ0v) is 12.5. The van der Waals surface area contributed by atoms with Gasteiger partial charge < -0.3 is 5.32 Å². The van der Waals surface area contributed by atoms with E-state index < -0.39 is 0 Å². The summed E-state index contributed by atoms with van der Waals surface area (Å²) in [5.41, 5.74) is 0.976. The molecule has 4 heteroatoms. The number of anilines is 1. The Balaban J connectivity index is 1.92. The summed E-state index contributed by atoms with van der Waals surface area (Å²) in [5.74, 6) is 2.15. The van der Waals surface area contributed by atoms with Crippen LogP contribution in [0.3, 0.4) is 0 Å². The van der Waals surface area contributed by atoms with Crippen molar-refractivity contribution in [3.63, 3.8) is 0 Å². The second-order valence-electron chi connectivity index (χ2n) is 5.63. The van der Waals surface area contributed by atoms with E-state index in [-0.39, 0.29) is 0 Å². The maximum absolute atomic E-state index is 6.11. The molecule has 1 aliphatic rings. The molecule has 0 radical (unpaired) electrons. The summed E-state index contributed by atoms with van der Waals surface area (Å²) in [4.78, 5) is 0. The summed E-state index contributed by atoms with van der Waals surface area (Å²) in [6, 6.07) is 8.72. The van der Waals surface area contributed by atoms with Gasteiger partial charge in [0.15, 0.2) is 5.82 Å². The average molecular weight is 290 g/mol. The first-order valence-electron chi connectivity index (χ1n) is 7.34. The highest BCUT2D eigenvalue weighted by molar-refractivity contribution is 6.18. The van der Waals surface area contributed by atoms with E-state index in [9.17, 15) is 0 Å². The third-order valence-corrected chi connectivity index (χ3v) is 4.70. The number of rotatable bonds is 3. The molecule has 3 nitrogen and oxygen atoms in total. The minimum Gasteiger partial charge on any atom is -0.365 e. The number of halogens is 1. The zero-order chi connectivity index (χ0) is 13.9. The largest absolute Gasteiger partial charge is 0.365 e. The molecule has 1 N–H and O–H groups in total. The Morgan fingerprint density at radius 2 is 1.90 bits per heavy atom. The van der Waals surface area contributed by atoms with Crippen molar-refractivity contribution >= 4 is 28.2 Å². The van der Waals surface area contributed by atoms with Gasteiger partial charge in [0.25, 0.3) is 0 Å². The van der Waals surface area contributed by atoms with E-state index in [4.69, 9.17) is 11.6 Å². The van der Waals surface area contributed by atoms with Gasteiger partial charge in [-0.3, -0.25) is 0 Å². The van der Waals surface area contributed by atoms with Crippen molar-refractivity contribution < 1.29 is 0 Å². The van der Waals surface area contributed by atoms with Gasteiger partial charge in [0.2, 0.25) is 0 Å². The van der Waals surface area contributed by atoms with Gasteiger partial charge in [-0.2, -0.15) is 5.10 Å². The molecule has 20 heavy (non-hydrogen) atoms. The van der Waals surface area contributed by atoms with Crippen LogP contribution in [0.25, 0.3) is 10.8 Å². The Hall–Kier alpha value is -1.35. The fourth-order valence-electron chi connectivity index (χ4n) is 3.10. The molecular formula is C16H20ClN3. The normalized spacial score (nSPS) is 22.9. The maximum Gasteiger partial charge on any atom is 0.156 e. The van der Waals surface area contributed by atoms with Crippen molar-refractivity contribution in [1.29, 1.82) is 0 Å². The number of nitrogens with one attached hydrogen (secondary N) is 1. The van der Waals surface area contributed by atoms with Crippen molar-refractivity contribution in [2.24, 2.45) is 5.92 Å². The zero-order valence-electron chi connectivity index (χ0n) is 11.8. The van der Waals surface area contributed by atoms with E-state index >= 15 is 0 Å². The van der Waals surface area contributed by atoms with Crippen molar-refractivity contribution in [1.82, 2.24) is 10.2 Å². The Kier molecular flexibility index (Phi) is 4.06. The van der Waals surface area contributed by atoms with Crippen molar-refractivity contribution in [3.05, 3.63) is 30.0 Å². The van der Waals surface area contributed by atoms with Gasteiger partial charge in [-0.05, 0) is 25.7 Å². The first kappa shape index (κ1) is 13.6. The first-order valence-corrected chi connectivity index (χ1v) is 7.87. The van der Waals surface area contributed by atoms with Gasteiger partial charge in [-0.1, -0.05) is 37.1 Å². The van der Waals surface area contributed by atoms with E-state index in [0.29, 0.717) is 12.0 Å². The predicted octanol–water partition coefficient (Wildman–Crippen LogP) is 4.15. The molecule has 0 saturated heterocycles. The van der Waals surface area contributed by atoms with Crippen LogP contribution in [0.1, 0.15) is 31.4 Å². The number of hydrogen-bond acceptors (Lipinski definition) is 3. The maximum atomic E-state index is 6.11. The summed E-state index contributed by atoms with van der Waals surface area (Å²) in [7, 11) is 0. The Morgan fingerprint density at radius 1 is 1.15 bits per heavy atom. The Labute approximate surface area is 124 Å². The summed E-state index contributed by atoms with van der Waals surface area (Å²) < 4.78 is 0. The molecule has 106 valence electrons. The topological polar surface area (TPSA) is 37.8 Å². The second kappa shape index (κ2) is 5.96. The first-order chi connectivity index (χ1) is 9.79. The third-order valence-electron chi connectivity index (χ3n) is 4.30. The summed E-state index contributed by atoms with van der Waals surface area (Å²) >= 11 is 6.11. The van der Waals surface area contributed by atoms with Gasteiger partial charge in [-0.25, -0.2) is 0 Å². The van der Waals surface area contributed by atoms with Gasteiger partial charge in [0.1, 0.15) is 0 Å². The molecule has 1 fully saturated rings. The van der Waals surface area contributed by atoms with Crippen LogP contribution in [0.2, 0.25) is 0 Å². The molecule has 0 aliphatic heterocycles. The number of nitrogens with zero attached hydrogens (tertiary/aromatic N) is 2. The van der Waals surface area contributed by atoms with Crippen LogP contribution in [0.15, 0.2) is 24.3 Å². The number of aromatic nitrogens is 2. The molecule has 1 aromatic heterocycles. The minimum atomic E-state index is 0.418. The number of alkyl halides is 1. The smallest absolute Gasteiger partial charge is 0.156 e. The molecule has 2 atom stereocenters. The fraction of sp³-hybridized carbons (Fsp3) is 0.500. The molecule has 0 spiro atoms. The summed E-state index contributed by atoms with van der Waals surface area (Å²) in [5, 5.41) is 14.6. The standard InChI is InChI=1S/C16H20ClN3/c1-11-13-7-3-4-8-14(13)16(20-19-11)18-15-9-5-2-6-12(15)10-17/h3-4,7-8,12,15H,2,5-6,9-10H2,1H3,(H,18,20). The molecule has 3 rings (SSSR count). The van der Waals surface area contributed by atoms with Crippen LogP contribution in [-0.2, 0) is 0 Å². The van der Waals surface area contributed by atoms with Crippen LogP contribution in [0.5, 0.6) is 0 Å². The van der Waals surface area contributed by atoms with Crippen LogP contribution in [-0.4, -0.2) is 22.1 Å². The number of fused-ring (bicyclic) bond motifs is 1. The van der Waals surface area contributed by atoms with E-state index in [1.807, 2.05) is 13.0 Å². The number of aryl methyl sites for hydroxylation is 1. The third kappa shape index (κ3) is 2.59. The molecule has 0 bridgehead atoms. The highest BCUT2D eigenvalue weighted by atomic mass is 35.5. The number of hydrogen-bond donors (Lipinski definition) is 1. The number of benzene rings is 1. The molecule has 1 aliphatic carbocycles. The van der Waals surface area contributed by atoms with Crippen molar-refractivity contribution in [3.8, 4) is 0 Å². The van der Waals surface area contributed by atoms with Crippen LogP contribution < -0.4 is 5.32 Å².